The summed E-state index contributed by atoms with van der Waals surface area (Å²) in [6, 6.07) is 0. The van der Waals surface area contributed by atoms with E-state index >= 15 is 0 Å². The predicted octanol–water partition coefficient (Wildman–Crippen LogP) is 4.07. The van der Waals surface area contributed by atoms with Gasteiger partial charge in [0.15, 0.2) is 0 Å². The summed E-state index contributed by atoms with van der Waals surface area (Å²) < 4.78 is 0. The molecule has 6 unspecified atom stereocenters. The largest absolute Gasteiger partial charge is 0.0925 e. The van der Waals surface area contributed by atoms with Crippen molar-refractivity contribution in [2.24, 2.45) is 35.5 Å². The Labute approximate surface area is 103 Å². The summed E-state index contributed by atoms with van der Waals surface area (Å²) >= 11 is 7.37. The number of hydrogen-bond donors (Lipinski definition) is 0. The minimum Gasteiger partial charge on any atom is -0.0925 e. The van der Waals surface area contributed by atoms with E-state index in [0.29, 0.717) is 0 Å². The maximum atomic E-state index is 3.70. The molecule has 3 fully saturated rings. The van der Waals surface area contributed by atoms with Crippen LogP contribution in [-0.4, -0.2) is 10.7 Å². The molecule has 0 aliphatic heterocycles. The van der Waals surface area contributed by atoms with Crippen LogP contribution in [0.15, 0.2) is 0 Å². The highest BCUT2D eigenvalue weighted by atomic mass is 79.9. The maximum absolute atomic E-state index is 3.70. The second kappa shape index (κ2) is 3.76. The zero-order chi connectivity index (χ0) is 9.71. The summed E-state index contributed by atoms with van der Waals surface area (Å²) in [4.78, 5) is 0. The molecule has 0 aromatic rings. The summed E-state index contributed by atoms with van der Waals surface area (Å²) in [6.45, 7) is 0. The number of rotatable bonds is 2. The fourth-order valence-corrected chi connectivity index (χ4v) is 5.90. The second-order valence-corrected chi connectivity index (χ2v) is 6.92. The van der Waals surface area contributed by atoms with E-state index in [2.05, 4.69) is 31.9 Å². The lowest BCUT2D eigenvalue weighted by molar-refractivity contribution is 0.205. The Bertz CT molecular complexity index is 226. The molecule has 0 aromatic heterocycles. The fourth-order valence-electron chi connectivity index (χ4n) is 4.63. The SMILES string of the molecule is BrCC1CC2C3CC(CBr)C(C3)C2C1. The van der Waals surface area contributed by atoms with Crippen molar-refractivity contribution in [3.05, 3.63) is 0 Å². The van der Waals surface area contributed by atoms with Crippen molar-refractivity contribution in [3.63, 3.8) is 0 Å². The second-order valence-electron chi connectivity index (χ2n) is 5.63. The molecule has 6 atom stereocenters. The van der Waals surface area contributed by atoms with Gasteiger partial charge in [0.05, 0.1) is 0 Å². The molecule has 3 saturated carbocycles. The highest BCUT2D eigenvalue weighted by Crippen LogP contribution is 2.62. The minimum absolute atomic E-state index is 1.00. The van der Waals surface area contributed by atoms with E-state index in [1.165, 1.54) is 29.9 Å². The van der Waals surface area contributed by atoms with Crippen LogP contribution in [0.2, 0.25) is 0 Å². The van der Waals surface area contributed by atoms with E-state index in [9.17, 15) is 0 Å². The van der Waals surface area contributed by atoms with Crippen LogP contribution in [0, 0.1) is 35.5 Å². The lowest BCUT2D eigenvalue weighted by Crippen LogP contribution is -2.25. The third kappa shape index (κ3) is 1.36. The van der Waals surface area contributed by atoms with Gasteiger partial charge in [0.1, 0.15) is 0 Å². The summed E-state index contributed by atoms with van der Waals surface area (Å²) in [5.74, 6) is 6.46. The van der Waals surface area contributed by atoms with Crippen molar-refractivity contribution >= 4 is 31.9 Å². The van der Waals surface area contributed by atoms with Crippen LogP contribution in [0.5, 0.6) is 0 Å². The van der Waals surface area contributed by atoms with Crippen molar-refractivity contribution in [2.75, 3.05) is 10.7 Å². The molecule has 2 bridgehead atoms. The Morgan fingerprint density at radius 2 is 1.57 bits per heavy atom. The van der Waals surface area contributed by atoms with Crippen LogP contribution >= 0.6 is 31.9 Å². The number of hydrogen-bond acceptors (Lipinski definition) is 0. The monoisotopic (exact) mass is 320 g/mol. The first-order chi connectivity index (χ1) is 6.83. The van der Waals surface area contributed by atoms with Gasteiger partial charge in [0.2, 0.25) is 0 Å². The lowest BCUT2D eigenvalue weighted by atomic mass is 9.76. The van der Waals surface area contributed by atoms with E-state index < -0.39 is 0 Å². The number of alkyl halides is 2. The third-order valence-corrected chi connectivity index (χ3v) is 6.87. The van der Waals surface area contributed by atoms with Crippen molar-refractivity contribution in [2.45, 2.75) is 25.7 Å². The van der Waals surface area contributed by atoms with Crippen LogP contribution in [0.4, 0.5) is 0 Å². The number of fused-ring (bicyclic) bond motifs is 5. The minimum atomic E-state index is 1.00. The van der Waals surface area contributed by atoms with Crippen LogP contribution < -0.4 is 0 Å². The first-order valence-electron chi connectivity index (χ1n) is 5.95. The molecule has 2 heteroatoms. The van der Waals surface area contributed by atoms with Gasteiger partial charge in [-0.25, -0.2) is 0 Å². The molecule has 0 spiro atoms. The van der Waals surface area contributed by atoms with Crippen molar-refractivity contribution in [3.8, 4) is 0 Å². The fraction of sp³-hybridized carbons (Fsp3) is 1.00. The van der Waals surface area contributed by atoms with Crippen LogP contribution in [0.1, 0.15) is 25.7 Å². The molecule has 14 heavy (non-hydrogen) atoms. The summed E-state index contributed by atoms with van der Waals surface area (Å²) in [6.07, 6.45) is 6.17. The van der Waals surface area contributed by atoms with Gasteiger partial charge in [-0.3, -0.25) is 0 Å². The van der Waals surface area contributed by atoms with Gasteiger partial charge in [0.25, 0.3) is 0 Å². The van der Waals surface area contributed by atoms with Gasteiger partial charge in [-0.05, 0) is 61.2 Å². The van der Waals surface area contributed by atoms with Crippen molar-refractivity contribution < 1.29 is 0 Å². The zero-order valence-corrected chi connectivity index (χ0v) is 11.6. The standard InChI is InChI=1S/C12H18Br2/c13-5-7-1-10-8-3-9(6-14)11(4-8)12(10)2-7/h7-12H,1-6H2. The molecule has 0 heterocycles. The average molecular weight is 322 g/mol. The first kappa shape index (κ1) is 10.1. The van der Waals surface area contributed by atoms with E-state index in [0.717, 1.165) is 35.5 Å². The van der Waals surface area contributed by atoms with Gasteiger partial charge in [0, 0.05) is 10.7 Å². The van der Waals surface area contributed by atoms with E-state index in [1.807, 2.05) is 0 Å². The molecule has 3 aliphatic carbocycles. The van der Waals surface area contributed by atoms with Gasteiger partial charge in [-0.1, -0.05) is 31.9 Å². The Hall–Kier alpha value is 0.960. The normalized spacial score (nSPS) is 55.3. The van der Waals surface area contributed by atoms with E-state index in [1.54, 1.807) is 6.42 Å². The van der Waals surface area contributed by atoms with Gasteiger partial charge in [-0.15, -0.1) is 0 Å². The molecule has 3 rings (SSSR count). The molecule has 0 amide bonds. The molecule has 0 saturated heterocycles. The number of halogens is 2. The maximum Gasteiger partial charge on any atom is 0.00625 e. The molecular formula is C12H18Br2. The van der Waals surface area contributed by atoms with Crippen LogP contribution in [-0.2, 0) is 0 Å². The Balaban J connectivity index is 1.75. The Morgan fingerprint density at radius 1 is 0.786 bits per heavy atom. The molecular weight excluding hydrogens is 304 g/mol. The molecule has 0 radical (unpaired) electrons. The Kier molecular flexibility index (Phi) is 2.72. The van der Waals surface area contributed by atoms with Gasteiger partial charge in [-0.2, -0.15) is 0 Å². The van der Waals surface area contributed by atoms with E-state index in [-0.39, 0.29) is 0 Å². The van der Waals surface area contributed by atoms with Gasteiger partial charge < -0.3 is 0 Å². The van der Waals surface area contributed by atoms with E-state index in [4.69, 9.17) is 0 Å². The lowest BCUT2D eigenvalue weighted by Gasteiger charge is -2.30. The highest BCUT2D eigenvalue weighted by molar-refractivity contribution is 9.09. The third-order valence-electron chi connectivity index (χ3n) is 5.12. The smallest absolute Gasteiger partial charge is 0.00625 e. The Morgan fingerprint density at radius 3 is 2.29 bits per heavy atom. The van der Waals surface area contributed by atoms with Crippen molar-refractivity contribution in [1.29, 1.82) is 0 Å². The molecule has 0 N–H and O–H groups in total. The molecule has 0 nitrogen and oxygen atoms in total. The average Bonchev–Trinajstić information content (AvgIpc) is 2.87. The van der Waals surface area contributed by atoms with Gasteiger partial charge >= 0.3 is 0 Å². The van der Waals surface area contributed by atoms with Crippen molar-refractivity contribution in [1.82, 2.24) is 0 Å². The van der Waals surface area contributed by atoms with Crippen LogP contribution in [0.3, 0.4) is 0 Å². The molecule has 80 valence electrons. The predicted molar refractivity (Wildman–Crippen MR) is 67.0 cm³/mol. The quantitative estimate of drug-likeness (QED) is 0.672. The molecule has 3 aliphatic rings. The topological polar surface area (TPSA) is 0 Å². The highest BCUT2D eigenvalue weighted by Gasteiger charge is 2.54. The zero-order valence-electron chi connectivity index (χ0n) is 8.46. The van der Waals surface area contributed by atoms with Crippen LogP contribution in [0.25, 0.3) is 0 Å². The summed E-state index contributed by atoms with van der Waals surface area (Å²) in [5.41, 5.74) is 0. The summed E-state index contributed by atoms with van der Waals surface area (Å²) in [5, 5.41) is 2.51. The summed E-state index contributed by atoms with van der Waals surface area (Å²) in [7, 11) is 0. The molecule has 0 aromatic carbocycles. The first-order valence-corrected chi connectivity index (χ1v) is 8.19.